The molecule has 3 N–H and O–H groups in total. The first-order chi connectivity index (χ1) is 14.5. The summed E-state index contributed by atoms with van der Waals surface area (Å²) in [5, 5.41) is 7.44. The molecule has 0 bridgehead atoms. The van der Waals surface area contributed by atoms with E-state index in [4.69, 9.17) is 4.74 Å². The van der Waals surface area contributed by atoms with Crippen molar-refractivity contribution < 1.29 is 32.7 Å². The van der Waals surface area contributed by atoms with Crippen LogP contribution in [0, 0.1) is 17.6 Å². The number of halogens is 2. The number of likely N-dealkylation sites (tertiary alicyclic amines) is 1. The molecule has 4 amide bonds. The van der Waals surface area contributed by atoms with Gasteiger partial charge >= 0.3 is 12.0 Å². The fourth-order valence-corrected chi connectivity index (χ4v) is 3.35. The van der Waals surface area contributed by atoms with E-state index < -0.39 is 47.7 Å². The molecule has 31 heavy (non-hydrogen) atoms. The minimum absolute atomic E-state index is 0.0529. The van der Waals surface area contributed by atoms with Gasteiger partial charge in [-0.25, -0.2) is 18.4 Å². The van der Waals surface area contributed by atoms with Crippen molar-refractivity contribution in [1.82, 2.24) is 15.5 Å². The number of carbonyl (C=O) groups is 4. The van der Waals surface area contributed by atoms with Gasteiger partial charge in [-0.3, -0.25) is 9.59 Å². The minimum Gasteiger partial charge on any atom is -0.467 e. The molecule has 0 aromatic heterocycles. The molecule has 1 aromatic carbocycles. The first-order valence-corrected chi connectivity index (χ1v) is 9.71. The Labute approximate surface area is 178 Å². The van der Waals surface area contributed by atoms with Crippen molar-refractivity contribution >= 4 is 29.5 Å². The Morgan fingerprint density at radius 1 is 1.19 bits per heavy atom. The number of methoxy groups -OCH3 is 1. The van der Waals surface area contributed by atoms with Gasteiger partial charge in [0.15, 0.2) is 0 Å². The summed E-state index contributed by atoms with van der Waals surface area (Å²) >= 11 is 0. The average Bonchev–Trinajstić information content (AvgIpc) is 3.11. The fraction of sp³-hybridized carbons (Fsp3) is 0.500. The van der Waals surface area contributed by atoms with E-state index in [2.05, 4.69) is 16.0 Å². The van der Waals surface area contributed by atoms with Gasteiger partial charge < -0.3 is 25.6 Å². The zero-order valence-corrected chi connectivity index (χ0v) is 17.7. The predicted octanol–water partition coefficient (Wildman–Crippen LogP) is 1.39. The van der Waals surface area contributed by atoms with Crippen LogP contribution in [0.15, 0.2) is 18.2 Å². The molecular weight excluding hydrogens is 414 g/mol. The van der Waals surface area contributed by atoms with E-state index >= 15 is 0 Å². The number of ether oxygens (including phenoxy) is 1. The van der Waals surface area contributed by atoms with Crippen LogP contribution in [0.2, 0.25) is 0 Å². The molecule has 2 rings (SSSR count). The molecule has 0 unspecified atom stereocenters. The number of nitrogens with zero attached hydrogens (tertiary/aromatic N) is 1. The molecule has 9 nitrogen and oxygen atoms in total. The zero-order valence-electron chi connectivity index (χ0n) is 17.7. The molecule has 1 aromatic rings. The fourth-order valence-electron chi connectivity index (χ4n) is 3.35. The number of nitrogens with one attached hydrogen (secondary N) is 3. The van der Waals surface area contributed by atoms with E-state index in [1.54, 1.807) is 13.8 Å². The molecule has 11 heteroatoms. The lowest BCUT2D eigenvalue weighted by molar-refractivity contribution is -0.147. The van der Waals surface area contributed by atoms with E-state index in [1.807, 2.05) is 0 Å². The Kier molecular flexibility index (Phi) is 7.89. The largest absolute Gasteiger partial charge is 0.467 e. The third kappa shape index (κ3) is 6.12. The Balaban J connectivity index is 2.05. The molecule has 3 atom stereocenters. The SMILES string of the molecule is COC(=O)[C@H](NC(=O)[C@H]1C[C@H](NC(=O)Nc2ccc(F)cc2F)CN1C(C)=O)C(C)C. The van der Waals surface area contributed by atoms with Gasteiger partial charge in [0.1, 0.15) is 23.7 Å². The number of benzene rings is 1. The van der Waals surface area contributed by atoms with Gasteiger partial charge in [-0.05, 0) is 24.5 Å². The number of urea groups is 1. The van der Waals surface area contributed by atoms with E-state index in [9.17, 15) is 28.0 Å². The molecule has 0 radical (unpaired) electrons. The van der Waals surface area contributed by atoms with Crippen molar-refractivity contribution in [1.29, 1.82) is 0 Å². The summed E-state index contributed by atoms with van der Waals surface area (Å²) in [6.07, 6.45) is 0.0940. The van der Waals surface area contributed by atoms with Crippen LogP contribution in [0.25, 0.3) is 0 Å². The molecule has 1 fully saturated rings. The number of anilines is 1. The molecular formula is C20H26F2N4O5. The van der Waals surface area contributed by atoms with E-state index in [1.165, 1.54) is 18.9 Å². The summed E-state index contributed by atoms with van der Waals surface area (Å²) in [5.41, 5.74) is -0.215. The summed E-state index contributed by atoms with van der Waals surface area (Å²) < 4.78 is 31.4. The number of hydrogen-bond donors (Lipinski definition) is 3. The lowest BCUT2D eigenvalue weighted by Gasteiger charge is -2.26. The summed E-state index contributed by atoms with van der Waals surface area (Å²) in [6, 6.07) is -0.447. The second kappa shape index (κ2) is 10.2. The van der Waals surface area contributed by atoms with Crippen LogP contribution >= 0.6 is 0 Å². The Morgan fingerprint density at radius 3 is 2.42 bits per heavy atom. The number of esters is 1. The second-order valence-electron chi connectivity index (χ2n) is 7.60. The molecule has 1 heterocycles. The van der Waals surface area contributed by atoms with Gasteiger partial charge in [-0.2, -0.15) is 0 Å². The highest BCUT2D eigenvalue weighted by Crippen LogP contribution is 2.20. The first-order valence-electron chi connectivity index (χ1n) is 9.71. The molecule has 170 valence electrons. The summed E-state index contributed by atoms with van der Waals surface area (Å²) in [4.78, 5) is 50.2. The maximum atomic E-state index is 13.7. The van der Waals surface area contributed by atoms with Crippen LogP contribution in [0.4, 0.5) is 19.3 Å². The Hall–Kier alpha value is -3.24. The van der Waals surface area contributed by atoms with Crippen LogP contribution in [0.1, 0.15) is 27.2 Å². The topological polar surface area (TPSA) is 117 Å². The van der Waals surface area contributed by atoms with Crippen molar-refractivity contribution in [3.8, 4) is 0 Å². The van der Waals surface area contributed by atoms with Gasteiger partial charge in [0.05, 0.1) is 18.8 Å². The molecule has 0 saturated carbocycles. The standard InChI is InChI=1S/C20H26F2N4O5/c1-10(2)17(19(29)31-4)25-18(28)16-8-13(9-26(16)11(3)27)23-20(30)24-15-6-5-12(21)7-14(15)22/h5-7,10,13,16-17H,8-9H2,1-4H3,(H,25,28)(H2,23,24,30)/t13-,16+,17+/m0/s1. The van der Waals surface area contributed by atoms with Crippen molar-refractivity contribution in [2.45, 2.75) is 45.3 Å². The summed E-state index contributed by atoms with van der Waals surface area (Å²) in [5.74, 6) is -3.49. The third-order valence-electron chi connectivity index (χ3n) is 4.94. The zero-order chi connectivity index (χ0) is 23.3. The van der Waals surface area contributed by atoms with E-state index in [0.717, 1.165) is 12.1 Å². The van der Waals surface area contributed by atoms with Crippen molar-refractivity contribution in [3.63, 3.8) is 0 Å². The van der Waals surface area contributed by atoms with Crippen LogP contribution in [0.3, 0.4) is 0 Å². The monoisotopic (exact) mass is 440 g/mol. The average molecular weight is 440 g/mol. The van der Waals surface area contributed by atoms with E-state index in [-0.39, 0.29) is 30.5 Å². The quantitative estimate of drug-likeness (QED) is 0.578. The molecule has 1 saturated heterocycles. The van der Waals surface area contributed by atoms with Gasteiger partial charge in [-0.1, -0.05) is 13.8 Å². The predicted molar refractivity (Wildman–Crippen MR) is 107 cm³/mol. The molecule has 1 aliphatic heterocycles. The van der Waals surface area contributed by atoms with Crippen LogP contribution in [-0.4, -0.2) is 60.5 Å². The third-order valence-corrected chi connectivity index (χ3v) is 4.94. The van der Waals surface area contributed by atoms with E-state index in [0.29, 0.717) is 6.07 Å². The van der Waals surface area contributed by atoms with Crippen molar-refractivity contribution in [2.75, 3.05) is 19.0 Å². The van der Waals surface area contributed by atoms with Crippen LogP contribution < -0.4 is 16.0 Å². The van der Waals surface area contributed by atoms with Gasteiger partial charge in [0, 0.05) is 19.5 Å². The number of rotatable bonds is 6. The highest BCUT2D eigenvalue weighted by Gasteiger charge is 2.40. The second-order valence-corrected chi connectivity index (χ2v) is 7.60. The first kappa shape index (κ1) is 24.0. The van der Waals surface area contributed by atoms with Gasteiger partial charge in [-0.15, -0.1) is 0 Å². The molecule has 1 aliphatic rings. The molecule has 0 spiro atoms. The van der Waals surface area contributed by atoms with Crippen molar-refractivity contribution in [3.05, 3.63) is 29.8 Å². The number of carbonyl (C=O) groups excluding carboxylic acids is 4. The Bertz CT molecular complexity index is 864. The molecule has 0 aliphatic carbocycles. The lowest BCUT2D eigenvalue weighted by Crippen LogP contribution is -2.52. The number of amides is 4. The van der Waals surface area contributed by atoms with Crippen molar-refractivity contribution in [2.24, 2.45) is 5.92 Å². The highest BCUT2D eigenvalue weighted by molar-refractivity contribution is 5.92. The summed E-state index contributed by atoms with van der Waals surface area (Å²) in [7, 11) is 1.21. The Morgan fingerprint density at radius 2 is 1.87 bits per heavy atom. The highest BCUT2D eigenvalue weighted by atomic mass is 19.1. The van der Waals surface area contributed by atoms with Crippen LogP contribution in [-0.2, 0) is 19.1 Å². The number of hydrogen-bond acceptors (Lipinski definition) is 5. The van der Waals surface area contributed by atoms with Crippen LogP contribution in [0.5, 0.6) is 0 Å². The smallest absolute Gasteiger partial charge is 0.328 e. The maximum Gasteiger partial charge on any atom is 0.328 e. The maximum absolute atomic E-state index is 13.7. The normalized spacial score (nSPS) is 19.0. The van der Waals surface area contributed by atoms with Gasteiger partial charge in [0.25, 0.3) is 0 Å². The lowest BCUT2D eigenvalue weighted by atomic mass is 10.0. The summed E-state index contributed by atoms with van der Waals surface area (Å²) in [6.45, 7) is 4.82. The minimum atomic E-state index is -0.938. The van der Waals surface area contributed by atoms with Gasteiger partial charge in [0.2, 0.25) is 11.8 Å².